The van der Waals surface area contributed by atoms with Crippen LogP contribution in [0, 0.1) is 0 Å². The Kier molecular flexibility index (Phi) is 4.85. The van der Waals surface area contributed by atoms with E-state index in [4.69, 9.17) is 4.74 Å². The molecule has 0 aliphatic heterocycles. The van der Waals surface area contributed by atoms with Crippen LogP contribution < -0.4 is 8.92 Å². The first-order valence-electron chi connectivity index (χ1n) is 7.34. The highest BCUT2D eigenvalue weighted by Crippen LogP contribution is 2.33. The molecule has 0 spiro atoms. The average molecular weight is 402 g/mol. The highest BCUT2D eigenvalue weighted by atomic mass is 32.2. The van der Waals surface area contributed by atoms with E-state index >= 15 is 0 Å². The first-order valence-corrected chi connectivity index (χ1v) is 9.56. The molecule has 1 heterocycles. The summed E-state index contributed by atoms with van der Waals surface area (Å²) in [6, 6.07) is 13.4. The van der Waals surface area contributed by atoms with Gasteiger partial charge in [0.15, 0.2) is 0 Å². The van der Waals surface area contributed by atoms with Gasteiger partial charge in [-0.1, -0.05) is 12.1 Å². The Morgan fingerprint density at radius 3 is 2.50 bits per heavy atom. The molecule has 0 atom stereocenters. The molecule has 0 bridgehead atoms. The van der Waals surface area contributed by atoms with Gasteiger partial charge < -0.3 is 8.92 Å². The molecule has 3 aromatic rings. The van der Waals surface area contributed by atoms with E-state index in [1.54, 1.807) is 13.2 Å². The van der Waals surface area contributed by atoms with Crippen LogP contribution in [0.2, 0.25) is 0 Å². The van der Waals surface area contributed by atoms with E-state index in [9.17, 15) is 21.6 Å². The van der Waals surface area contributed by atoms with Crippen molar-refractivity contribution in [2.24, 2.45) is 0 Å². The summed E-state index contributed by atoms with van der Waals surface area (Å²) in [6.07, 6.45) is 0.619. The van der Waals surface area contributed by atoms with Crippen molar-refractivity contribution in [1.29, 1.82) is 0 Å². The van der Waals surface area contributed by atoms with Crippen LogP contribution in [-0.4, -0.2) is 21.0 Å². The Balaban J connectivity index is 1.85. The van der Waals surface area contributed by atoms with Crippen molar-refractivity contribution in [2.45, 2.75) is 11.9 Å². The predicted molar refractivity (Wildman–Crippen MR) is 93.2 cm³/mol. The van der Waals surface area contributed by atoms with E-state index in [-0.39, 0.29) is 5.75 Å². The smallest absolute Gasteiger partial charge is 0.497 e. The third-order valence-corrected chi connectivity index (χ3v) is 5.64. The molecule has 0 aliphatic rings. The summed E-state index contributed by atoms with van der Waals surface area (Å²) < 4.78 is 69.6. The molecule has 0 N–H and O–H groups in total. The Morgan fingerprint density at radius 2 is 1.81 bits per heavy atom. The third kappa shape index (κ3) is 3.94. The Hall–Kier alpha value is -2.26. The summed E-state index contributed by atoms with van der Waals surface area (Å²) >= 11 is 1.47. The van der Waals surface area contributed by atoms with Crippen molar-refractivity contribution in [3.05, 3.63) is 59.0 Å². The van der Waals surface area contributed by atoms with Gasteiger partial charge in [-0.2, -0.15) is 21.6 Å². The van der Waals surface area contributed by atoms with Crippen LogP contribution in [0.4, 0.5) is 13.2 Å². The first-order chi connectivity index (χ1) is 12.2. The van der Waals surface area contributed by atoms with Crippen LogP contribution in [0.25, 0.3) is 10.1 Å². The van der Waals surface area contributed by atoms with Crippen molar-refractivity contribution < 1.29 is 30.5 Å². The van der Waals surface area contributed by atoms with Gasteiger partial charge in [-0.15, -0.1) is 11.3 Å². The molecule has 0 fully saturated rings. The minimum Gasteiger partial charge on any atom is -0.497 e. The lowest BCUT2D eigenvalue weighted by atomic mass is 10.1. The number of benzene rings is 2. The van der Waals surface area contributed by atoms with Crippen molar-refractivity contribution >= 4 is 31.5 Å². The molecule has 138 valence electrons. The molecule has 0 unspecified atom stereocenters. The predicted octanol–water partition coefficient (Wildman–Crippen LogP) is 4.73. The fourth-order valence-corrected chi connectivity index (χ4v) is 3.90. The fourth-order valence-electron chi connectivity index (χ4n) is 2.37. The number of fused-ring (bicyclic) bond motifs is 1. The highest BCUT2D eigenvalue weighted by molar-refractivity contribution is 7.88. The van der Waals surface area contributed by atoms with Crippen LogP contribution in [0.5, 0.6) is 11.5 Å². The SMILES string of the molecule is COc1cccc(Cc2cc3cc(OS(=O)(=O)C(F)(F)F)ccc3s2)c1. The summed E-state index contributed by atoms with van der Waals surface area (Å²) in [4.78, 5) is 0.976. The van der Waals surface area contributed by atoms with Gasteiger partial charge in [0.25, 0.3) is 0 Å². The Morgan fingerprint density at radius 1 is 1.04 bits per heavy atom. The minimum atomic E-state index is -5.68. The molecular weight excluding hydrogens is 389 g/mol. The second-order valence-electron chi connectivity index (χ2n) is 5.42. The molecule has 0 amide bonds. The largest absolute Gasteiger partial charge is 0.534 e. The van der Waals surface area contributed by atoms with E-state index in [0.29, 0.717) is 11.8 Å². The number of halogens is 3. The molecule has 0 aliphatic carbocycles. The van der Waals surface area contributed by atoms with Gasteiger partial charge in [0.2, 0.25) is 0 Å². The van der Waals surface area contributed by atoms with Gasteiger partial charge in [0.1, 0.15) is 11.5 Å². The number of alkyl halides is 3. The van der Waals surface area contributed by atoms with Crippen molar-refractivity contribution in [3.63, 3.8) is 0 Å². The number of rotatable bonds is 5. The van der Waals surface area contributed by atoms with Gasteiger partial charge in [-0.25, -0.2) is 0 Å². The van der Waals surface area contributed by atoms with E-state index in [0.717, 1.165) is 20.9 Å². The van der Waals surface area contributed by atoms with Gasteiger partial charge in [0, 0.05) is 16.0 Å². The summed E-state index contributed by atoms with van der Waals surface area (Å²) in [5.74, 6) is 0.359. The average Bonchev–Trinajstić information content (AvgIpc) is 2.95. The van der Waals surface area contributed by atoms with E-state index < -0.39 is 15.6 Å². The van der Waals surface area contributed by atoms with E-state index in [1.807, 2.05) is 24.3 Å². The zero-order valence-corrected chi connectivity index (χ0v) is 15.0. The zero-order chi connectivity index (χ0) is 18.9. The summed E-state index contributed by atoms with van der Waals surface area (Å²) in [5, 5.41) is 0.614. The Bertz CT molecular complexity index is 1040. The first kappa shape index (κ1) is 18.5. The number of hydrogen-bond acceptors (Lipinski definition) is 5. The molecule has 0 saturated heterocycles. The summed E-state index contributed by atoms with van der Waals surface area (Å²) in [7, 11) is -4.10. The van der Waals surface area contributed by atoms with Crippen LogP contribution in [-0.2, 0) is 16.5 Å². The number of ether oxygens (including phenoxy) is 1. The molecule has 26 heavy (non-hydrogen) atoms. The quantitative estimate of drug-likeness (QED) is 0.457. The molecule has 2 aromatic carbocycles. The van der Waals surface area contributed by atoms with Gasteiger partial charge in [-0.3, -0.25) is 0 Å². The lowest BCUT2D eigenvalue weighted by molar-refractivity contribution is -0.0500. The van der Waals surface area contributed by atoms with Crippen LogP contribution >= 0.6 is 11.3 Å². The maximum Gasteiger partial charge on any atom is 0.534 e. The normalized spacial score (nSPS) is 12.3. The van der Waals surface area contributed by atoms with Gasteiger partial charge >= 0.3 is 15.6 Å². The maximum absolute atomic E-state index is 12.4. The maximum atomic E-state index is 12.4. The van der Waals surface area contributed by atoms with Crippen molar-refractivity contribution in [1.82, 2.24) is 0 Å². The van der Waals surface area contributed by atoms with Crippen LogP contribution in [0.15, 0.2) is 48.5 Å². The van der Waals surface area contributed by atoms with E-state index in [1.165, 1.54) is 29.5 Å². The summed E-state index contributed by atoms with van der Waals surface area (Å²) in [5.41, 5.74) is -4.44. The number of thiophene rings is 1. The van der Waals surface area contributed by atoms with Crippen LogP contribution in [0.1, 0.15) is 10.4 Å². The third-order valence-electron chi connectivity index (χ3n) is 3.54. The van der Waals surface area contributed by atoms with Gasteiger partial charge in [0.05, 0.1) is 7.11 Å². The molecule has 0 radical (unpaired) electrons. The summed E-state index contributed by atoms with van der Waals surface area (Å²) in [6.45, 7) is 0. The van der Waals surface area contributed by atoms with Crippen molar-refractivity contribution in [2.75, 3.05) is 7.11 Å². The van der Waals surface area contributed by atoms with E-state index in [2.05, 4.69) is 4.18 Å². The molecule has 1 aromatic heterocycles. The molecule has 4 nitrogen and oxygen atoms in total. The fraction of sp³-hybridized carbons (Fsp3) is 0.176. The minimum absolute atomic E-state index is 0.374. The molecule has 0 saturated carbocycles. The standard InChI is InChI=1S/C17H13F3O4S2/c1-23-13-4-2-3-11(7-13)8-15-10-12-9-14(5-6-16(12)25-15)24-26(21,22)17(18,19)20/h2-7,9-10H,8H2,1H3. The zero-order valence-electron chi connectivity index (χ0n) is 13.4. The molecule has 3 rings (SSSR count). The lowest BCUT2D eigenvalue weighted by Gasteiger charge is -2.09. The van der Waals surface area contributed by atoms with Gasteiger partial charge in [-0.05, 0) is 47.3 Å². The van der Waals surface area contributed by atoms with Crippen LogP contribution in [0.3, 0.4) is 0 Å². The number of hydrogen-bond donors (Lipinski definition) is 0. The second-order valence-corrected chi connectivity index (χ2v) is 8.13. The lowest BCUT2D eigenvalue weighted by Crippen LogP contribution is -2.27. The number of methoxy groups -OCH3 is 1. The topological polar surface area (TPSA) is 52.6 Å². The highest BCUT2D eigenvalue weighted by Gasteiger charge is 2.48. The Labute approximate surface area is 151 Å². The second kappa shape index (κ2) is 6.81. The van der Waals surface area contributed by atoms with Crippen molar-refractivity contribution in [3.8, 4) is 11.5 Å². The monoisotopic (exact) mass is 402 g/mol. The molecule has 9 heteroatoms. The molecular formula is C17H13F3O4S2.